The second-order valence-electron chi connectivity index (χ2n) is 5.27. The molecule has 1 aliphatic heterocycles. The zero-order valence-corrected chi connectivity index (χ0v) is 12.6. The van der Waals surface area contributed by atoms with Gasteiger partial charge in [0, 0.05) is 24.7 Å². The molecule has 20 heavy (non-hydrogen) atoms. The summed E-state index contributed by atoms with van der Waals surface area (Å²) in [6.45, 7) is 4.36. The average Bonchev–Trinajstić information content (AvgIpc) is 2.33. The molecule has 1 unspecified atom stereocenters. The highest BCUT2D eigenvalue weighted by atomic mass is 32.2. The number of hydrogen-bond donors (Lipinski definition) is 2. The van der Waals surface area contributed by atoms with Crippen molar-refractivity contribution in [2.75, 3.05) is 23.4 Å². The number of amides is 1. The summed E-state index contributed by atoms with van der Waals surface area (Å²) in [7, 11) is -3.01. The van der Waals surface area contributed by atoms with Crippen LogP contribution in [0.1, 0.15) is 17.5 Å². The SMILES string of the molecule is Cc1cccc(NC(=O)CC2CS(=O)(=O)CCN2)c1C. The number of aryl methyl sites for hydroxylation is 1. The van der Waals surface area contributed by atoms with Crippen LogP contribution < -0.4 is 10.6 Å². The second-order valence-corrected chi connectivity index (χ2v) is 7.49. The summed E-state index contributed by atoms with van der Waals surface area (Å²) < 4.78 is 23.1. The van der Waals surface area contributed by atoms with Crippen molar-refractivity contribution in [2.45, 2.75) is 26.3 Å². The number of hydrogen-bond acceptors (Lipinski definition) is 4. The Morgan fingerprint density at radius 3 is 2.85 bits per heavy atom. The minimum atomic E-state index is -3.01. The van der Waals surface area contributed by atoms with E-state index in [4.69, 9.17) is 0 Å². The Hall–Kier alpha value is -1.40. The normalized spacial score (nSPS) is 21.4. The summed E-state index contributed by atoms with van der Waals surface area (Å²) in [6, 6.07) is 5.44. The fourth-order valence-electron chi connectivity index (χ4n) is 2.31. The smallest absolute Gasteiger partial charge is 0.225 e. The van der Waals surface area contributed by atoms with Gasteiger partial charge in [0.2, 0.25) is 5.91 Å². The van der Waals surface area contributed by atoms with Gasteiger partial charge < -0.3 is 10.6 Å². The monoisotopic (exact) mass is 296 g/mol. The molecule has 2 rings (SSSR count). The summed E-state index contributed by atoms with van der Waals surface area (Å²) in [5, 5.41) is 5.93. The van der Waals surface area contributed by atoms with Gasteiger partial charge in [-0.15, -0.1) is 0 Å². The fourth-order valence-corrected chi connectivity index (χ4v) is 3.75. The average molecular weight is 296 g/mol. The van der Waals surface area contributed by atoms with Crippen LogP contribution in [0.3, 0.4) is 0 Å². The molecule has 1 aliphatic rings. The summed E-state index contributed by atoms with van der Waals surface area (Å²) in [6.07, 6.45) is 0.173. The third-order valence-electron chi connectivity index (χ3n) is 3.61. The Morgan fingerprint density at radius 2 is 2.15 bits per heavy atom. The van der Waals surface area contributed by atoms with E-state index in [1.165, 1.54) is 0 Å². The first-order valence-electron chi connectivity index (χ1n) is 6.67. The molecule has 1 saturated heterocycles. The topological polar surface area (TPSA) is 75.3 Å². The molecule has 0 aliphatic carbocycles. The standard InChI is InChI=1S/C14H20N2O3S/c1-10-4-3-5-13(11(10)2)16-14(17)8-12-9-20(18,19)7-6-15-12/h3-5,12,15H,6-9H2,1-2H3,(H,16,17). The minimum absolute atomic E-state index is 0.0349. The van der Waals surface area contributed by atoms with Gasteiger partial charge in [0.15, 0.2) is 9.84 Å². The molecular weight excluding hydrogens is 276 g/mol. The molecule has 1 atom stereocenters. The first-order valence-corrected chi connectivity index (χ1v) is 8.49. The van der Waals surface area contributed by atoms with Crippen LogP contribution in [0.15, 0.2) is 18.2 Å². The van der Waals surface area contributed by atoms with E-state index in [2.05, 4.69) is 10.6 Å². The molecule has 5 nitrogen and oxygen atoms in total. The third kappa shape index (κ3) is 3.80. The van der Waals surface area contributed by atoms with Crippen LogP contribution in [0.25, 0.3) is 0 Å². The van der Waals surface area contributed by atoms with E-state index in [0.717, 1.165) is 16.8 Å². The largest absolute Gasteiger partial charge is 0.326 e. The fraction of sp³-hybridized carbons (Fsp3) is 0.500. The van der Waals surface area contributed by atoms with Crippen molar-refractivity contribution >= 4 is 21.4 Å². The molecule has 2 N–H and O–H groups in total. The van der Waals surface area contributed by atoms with Gasteiger partial charge in [-0.25, -0.2) is 8.42 Å². The van der Waals surface area contributed by atoms with Crippen LogP contribution in [-0.2, 0) is 14.6 Å². The first kappa shape index (κ1) is 15.0. The zero-order chi connectivity index (χ0) is 14.8. The molecule has 0 aromatic heterocycles. The van der Waals surface area contributed by atoms with E-state index in [1.807, 2.05) is 32.0 Å². The second kappa shape index (κ2) is 5.93. The number of rotatable bonds is 3. The summed E-state index contributed by atoms with van der Waals surface area (Å²) in [5.41, 5.74) is 2.93. The maximum Gasteiger partial charge on any atom is 0.225 e. The lowest BCUT2D eigenvalue weighted by Gasteiger charge is -2.23. The van der Waals surface area contributed by atoms with Gasteiger partial charge in [0.05, 0.1) is 11.5 Å². The summed E-state index contributed by atoms with van der Waals surface area (Å²) in [5.74, 6) is 0.0308. The van der Waals surface area contributed by atoms with Crippen molar-refractivity contribution in [3.05, 3.63) is 29.3 Å². The van der Waals surface area contributed by atoms with Gasteiger partial charge in [0.1, 0.15) is 0 Å². The quantitative estimate of drug-likeness (QED) is 0.873. The molecule has 110 valence electrons. The Labute approximate surface area is 119 Å². The molecule has 1 amide bonds. The summed E-state index contributed by atoms with van der Waals surface area (Å²) in [4.78, 5) is 12.0. The molecule has 1 aromatic carbocycles. The van der Waals surface area contributed by atoms with Gasteiger partial charge >= 0.3 is 0 Å². The number of benzene rings is 1. The van der Waals surface area contributed by atoms with Crippen molar-refractivity contribution in [1.82, 2.24) is 5.32 Å². The molecular formula is C14H20N2O3S. The van der Waals surface area contributed by atoms with E-state index in [9.17, 15) is 13.2 Å². The van der Waals surface area contributed by atoms with Gasteiger partial charge in [-0.1, -0.05) is 12.1 Å². The Kier molecular flexibility index (Phi) is 4.45. The molecule has 0 saturated carbocycles. The van der Waals surface area contributed by atoms with Gasteiger partial charge in [-0.05, 0) is 31.0 Å². The molecule has 1 aromatic rings. The van der Waals surface area contributed by atoms with E-state index in [1.54, 1.807) is 0 Å². The summed E-state index contributed by atoms with van der Waals surface area (Å²) >= 11 is 0. The highest BCUT2D eigenvalue weighted by Crippen LogP contribution is 2.18. The van der Waals surface area contributed by atoms with E-state index in [-0.39, 0.29) is 29.9 Å². The molecule has 0 bridgehead atoms. The van der Waals surface area contributed by atoms with Gasteiger partial charge in [0.25, 0.3) is 0 Å². The lowest BCUT2D eigenvalue weighted by atomic mass is 10.1. The molecule has 6 heteroatoms. The predicted octanol–water partition coefficient (Wildman–Crippen LogP) is 1.02. The van der Waals surface area contributed by atoms with Crippen LogP contribution in [0, 0.1) is 13.8 Å². The Morgan fingerprint density at radius 1 is 1.40 bits per heavy atom. The first-order chi connectivity index (χ1) is 9.37. The lowest BCUT2D eigenvalue weighted by Crippen LogP contribution is -2.46. The van der Waals surface area contributed by atoms with Gasteiger partial charge in [-0.2, -0.15) is 0 Å². The maximum absolute atomic E-state index is 12.0. The Balaban J connectivity index is 1.97. The number of anilines is 1. The van der Waals surface area contributed by atoms with Crippen molar-refractivity contribution in [3.63, 3.8) is 0 Å². The third-order valence-corrected chi connectivity index (χ3v) is 5.35. The number of nitrogens with one attached hydrogen (secondary N) is 2. The zero-order valence-electron chi connectivity index (χ0n) is 11.8. The molecule has 0 radical (unpaired) electrons. The van der Waals surface area contributed by atoms with Crippen LogP contribution in [0.5, 0.6) is 0 Å². The molecule has 0 spiro atoms. The molecule has 1 fully saturated rings. The highest BCUT2D eigenvalue weighted by Gasteiger charge is 2.26. The van der Waals surface area contributed by atoms with Crippen molar-refractivity contribution < 1.29 is 13.2 Å². The van der Waals surface area contributed by atoms with E-state index in [0.29, 0.717) is 6.54 Å². The lowest BCUT2D eigenvalue weighted by molar-refractivity contribution is -0.116. The van der Waals surface area contributed by atoms with Crippen LogP contribution in [0.2, 0.25) is 0 Å². The highest BCUT2D eigenvalue weighted by molar-refractivity contribution is 7.91. The van der Waals surface area contributed by atoms with E-state index < -0.39 is 9.84 Å². The maximum atomic E-state index is 12.0. The van der Waals surface area contributed by atoms with Crippen molar-refractivity contribution in [2.24, 2.45) is 0 Å². The predicted molar refractivity (Wildman–Crippen MR) is 79.6 cm³/mol. The van der Waals surface area contributed by atoms with Crippen LogP contribution in [-0.4, -0.2) is 38.4 Å². The number of carbonyl (C=O) groups is 1. The number of sulfone groups is 1. The van der Waals surface area contributed by atoms with Gasteiger partial charge in [-0.3, -0.25) is 4.79 Å². The van der Waals surface area contributed by atoms with E-state index >= 15 is 0 Å². The van der Waals surface area contributed by atoms with Crippen LogP contribution in [0.4, 0.5) is 5.69 Å². The van der Waals surface area contributed by atoms with Crippen molar-refractivity contribution in [3.8, 4) is 0 Å². The number of carbonyl (C=O) groups excluding carboxylic acids is 1. The minimum Gasteiger partial charge on any atom is -0.326 e. The Bertz CT molecular complexity index is 611. The van der Waals surface area contributed by atoms with Crippen molar-refractivity contribution in [1.29, 1.82) is 0 Å². The van der Waals surface area contributed by atoms with Crippen LogP contribution >= 0.6 is 0 Å². The molecule has 1 heterocycles.